The van der Waals surface area contributed by atoms with Crippen LogP contribution in [-0.4, -0.2) is 42.9 Å². The van der Waals surface area contributed by atoms with Crippen LogP contribution in [0.2, 0.25) is 0 Å². The first-order valence-corrected chi connectivity index (χ1v) is 11.6. The maximum Gasteiger partial charge on any atom is 0.263 e. The highest BCUT2D eigenvalue weighted by atomic mass is 16.1. The molecule has 3 fully saturated rings. The Bertz CT molecular complexity index is 1230. The zero-order valence-electron chi connectivity index (χ0n) is 18.7. The van der Waals surface area contributed by atoms with Gasteiger partial charge in [0.1, 0.15) is 11.2 Å². The molecule has 2 aliphatic carbocycles. The number of nitrogens with zero attached hydrogens (tertiary/aromatic N) is 5. The normalized spacial score (nSPS) is 21.4. The first-order valence-electron chi connectivity index (χ1n) is 11.6. The number of nitrogens with one attached hydrogen (secondary N) is 3. The van der Waals surface area contributed by atoms with E-state index in [1.807, 2.05) is 18.5 Å². The highest BCUT2D eigenvalue weighted by Crippen LogP contribution is 2.53. The first-order chi connectivity index (χ1) is 15.4. The summed E-state index contributed by atoms with van der Waals surface area (Å²) in [5.41, 5.74) is 1.92. The molecule has 168 valence electrons. The van der Waals surface area contributed by atoms with Crippen LogP contribution in [0.25, 0.3) is 10.9 Å². The fourth-order valence-electron chi connectivity index (χ4n) is 5.20. The summed E-state index contributed by atoms with van der Waals surface area (Å²) in [6.07, 6.45) is 12.7. The third-order valence-corrected chi connectivity index (χ3v) is 7.58. The average molecular weight is 435 g/mol. The van der Waals surface area contributed by atoms with E-state index in [9.17, 15) is 4.79 Å². The van der Waals surface area contributed by atoms with E-state index in [0.717, 1.165) is 31.6 Å². The second kappa shape index (κ2) is 7.03. The number of fused-ring (bicyclic) bond motifs is 1. The van der Waals surface area contributed by atoms with Gasteiger partial charge in [0.2, 0.25) is 5.95 Å². The van der Waals surface area contributed by atoms with Gasteiger partial charge in [0, 0.05) is 25.0 Å². The number of aromatic nitrogens is 5. The van der Waals surface area contributed by atoms with Crippen LogP contribution < -0.4 is 21.5 Å². The minimum absolute atomic E-state index is 0.000883. The summed E-state index contributed by atoms with van der Waals surface area (Å²) < 4.78 is 3.65. The molecule has 1 spiro atoms. The lowest BCUT2D eigenvalue weighted by Gasteiger charge is -2.50. The topological polar surface area (TPSA) is 102 Å². The monoisotopic (exact) mass is 434 g/mol. The fourth-order valence-corrected chi connectivity index (χ4v) is 5.20. The third-order valence-electron chi connectivity index (χ3n) is 7.58. The molecular weight excluding hydrogens is 404 g/mol. The van der Waals surface area contributed by atoms with Gasteiger partial charge in [-0.15, -0.1) is 0 Å². The van der Waals surface area contributed by atoms with Gasteiger partial charge in [0.15, 0.2) is 0 Å². The first kappa shape index (κ1) is 19.7. The van der Waals surface area contributed by atoms with Crippen molar-refractivity contribution in [2.75, 3.05) is 23.7 Å². The molecule has 1 saturated heterocycles. The predicted molar refractivity (Wildman–Crippen MR) is 124 cm³/mol. The lowest BCUT2D eigenvalue weighted by molar-refractivity contribution is 0.0230. The largest absolute Gasteiger partial charge is 0.364 e. The number of aryl methyl sites for hydroxylation is 1. The molecule has 6 rings (SSSR count). The molecule has 3 aromatic heterocycles. The number of piperidine rings is 1. The molecule has 4 heterocycles. The van der Waals surface area contributed by atoms with Crippen LogP contribution in [-0.2, 0) is 7.05 Å². The van der Waals surface area contributed by atoms with Crippen molar-refractivity contribution >= 4 is 28.4 Å². The van der Waals surface area contributed by atoms with Crippen molar-refractivity contribution < 1.29 is 0 Å². The summed E-state index contributed by atoms with van der Waals surface area (Å²) in [7, 11) is 1.75. The Labute approximate surface area is 186 Å². The summed E-state index contributed by atoms with van der Waals surface area (Å²) >= 11 is 0. The average Bonchev–Trinajstić information content (AvgIpc) is 3.30. The number of pyridine rings is 1. The van der Waals surface area contributed by atoms with E-state index in [4.69, 9.17) is 0 Å². The minimum atomic E-state index is -0.0922. The van der Waals surface area contributed by atoms with Crippen molar-refractivity contribution in [2.45, 2.75) is 57.0 Å². The molecule has 0 amide bonds. The van der Waals surface area contributed by atoms with Crippen molar-refractivity contribution in [3.05, 3.63) is 35.0 Å². The van der Waals surface area contributed by atoms with Crippen molar-refractivity contribution in [1.29, 1.82) is 0 Å². The van der Waals surface area contributed by atoms with E-state index in [2.05, 4.69) is 42.6 Å². The Kier molecular flexibility index (Phi) is 4.33. The molecule has 0 unspecified atom stereocenters. The van der Waals surface area contributed by atoms with E-state index >= 15 is 0 Å². The molecule has 0 radical (unpaired) electrons. The van der Waals surface area contributed by atoms with Gasteiger partial charge in [-0.2, -0.15) is 10.1 Å². The standard InChI is InChI=1S/C23H30N8O/c1-22(4-5-22)29-19-18-17(3-10-30(2)20(18)32)27-21(28-19)26-15-13-25-31(14-15)16-11-23(12-16)6-8-24-9-7-23/h3,10,13-14,16,24H,4-9,11-12H2,1-2H3,(H2,26,27,28,29). The SMILES string of the molecule is Cn1ccc2nc(Nc3cnn(C4CC5(CCNCC5)C4)c3)nc(NC3(C)CC3)c2c1=O. The lowest BCUT2D eigenvalue weighted by Crippen LogP contribution is -2.46. The minimum Gasteiger partial charge on any atom is -0.364 e. The van der Waals surface area contributed by atoms with E-state index in [-0.39, 0.29) is 11.1 Å². The number of anilines is 3. The summed E-state index contributed by atoms with van der Waals surface area (Å²) in [5, 5.41) is 15.4. The molecule has 9 nitrogen and oxygen atoms in total. The van der Waals surface area contributed by atoms with E-state index < -0.39 is 0 Å². The summed E-state index contributed by atoms with van der Waals surface area (Å²) in [6.45, 7) is 4.42. The Balaban J connectivity index is 1.25. The van der Waals surface area contributed by atoms with Crippen molar-refractivity contribution in [2.24, 2.45) is 12.5 Å². The zero-order valence-corrected chi connectivity index (χ0v) is 18.7. The van der Waals surface area contributed by atoms with Crippen LogP contribution >= 0.6 is 0 Å². The van der Waals surface area contributed by atoms with Crippen LogP contribution in [0.15, 0.2) is 29.5 Å². The smallest absolute Gasteiger partial charge is 0.263 e. The van der Waals surface area contributed by atoms with Gasteiger partial charge < -0.3 is 20.5 Å². The van der Waals surface area contributed by atoms with Crippen LogP contribution in [0, 0.1) is 5.41 Å². The second-order valence-electron chi connectivity index (χ2n) is 10.2. The predicted octanol–water partition coefficient (Wildman–Crippen LogP) is 2.94. The van der Waals surface area contributed by atoms with Crippen LogP contribution in [0.3, 0.4) is 0 Å². The van der Waals surface area contributed by atoms with Gasteiger partial charge in [-0.05, 0) is 70.0 Å². The third kappa shape index (κ3) is 3.44. The van der Waals surface area contributed by atoms with Gasteiger partial charge in [0.05, 0.1) is 23.4 Å². The molecule has 32 heavy (non-hydrogen) atoms. The van der Waals surface area contributed by atoms with Gasteiger partial charge in [0.25, 0.3) is 5.56 Å². The molecule has 3 aliphatic rings. The van der Waals surface area contributed by atoms with E-state index in [0.29, 0.717) is 34.1 Å². The highest BCUT2D eigenvalue weighted by molar-refractivity contribution is 5.89. The highest BCUT2D eigenvalue weighted by Gasteiger charge is 2.45. The van der Waals surface area contributed by atoms with Crippen LogP contribution in [0.5, 0.6) is 0 Å². The summed E-state index contributed by atoms with van der Waals surface area (Å²) in [6, 6.07) is 2.33. The molecule has 1 aliphatic heterocycles. The molecule has 3 aromatic rings. The molecule has 2 saturated carbocycles. The molecule has 0 atom stereocenters. The number of hydrogen-bond acceptors (Lipinski definition) is 7. The maximum atomic E-state index is 12.8. The Morgan fingerprint density at radius 1 is 1.16 bits per heavy atom. The van der Waals surface area contributed by atoms with E-state index in [1.165, 1.54) is 25.7 Å². The second-order valence-corrected chi connectivity index (χ2v) is 10.2. The van der Waals surface area contributed by atoms with Gasteiger partial charge in [-0.1, -0.05) is 0 Å². The zero-order chi connectivity index (χ0) is 21.9. The van der Waals surface area contributed by atoms with Crippen LogP contribution in [0.1, 0.15) is 51.5 Å². The van der Waals surface area contributed by atoms with Crippen molar-refractivity contribution in [3.63, 3.8) is 0 Å². The molecule has 0 bridgehead atoms. The summed E-state index contributed by atoms with van der Waals surface area (Å²) in [4.78, 5) is 22.1. The van der Waals surface area contributed by atoms with Crippen LogP contribution in [0.4, 0.5) is 17.5 Å². The van der Waals surface area contributed by atoms with Crippen molar-refractivity contribution in [1.82, 2.24) is 29.6 Å². The van der Waals surface area contributed by atoms with Crippen molar-refractivity contribution in [3.8, 4) is 0 Å². The van der Waals surface area contributed by atoms with Gasteiger partial charge >= 0.3 is 0 Å². The van der Waals surface area contributed by atoms with Gasteiger partial charge in [-0.25, -0.2) is 4.98 Å². The fraction of sp³-hybridized carbons (Fsp3) is 0.565. The van der Waals surface area contributed by atoms with Gasteiger partial charge in [-0.3, -0.25) is 9.48 Å². The number of hydrogen-bond donors (Lipinski definition) is 3. The summed E-state index contributed by atoms with van der Waals surface area (Å²) in [5.74, 6) is 1.07. The van der Waals surface area contributed by atoms with E-state index in [1.54, 1.807) is 17.8 Å². The molecule has 9 heteroatoms. The Morgan fingerprint density at radius 3 is 2.69 bits per heavy atom. The maximum absolute atomic E-state index is 12.8. The Morgan fingerprint density at radius 2 is 1.94 bits per heavy atom. The molecule has 0 aromatic carbocycles. The Hall–Kier alpha value is -2.94. The quantitative estimate of drug-likeness (QED) is 0.567. The molecule has 3 N–H and O–H groups in total. The molecular formula is C23H30N8O. The number of rotatable bonds is 5. The lowest BCUT2D eigenvalue weighted by atomic mass is 9.60.